The third-order valence-electron chi connectivity index (χ3n) is 4.62. The van der Waals surface area contributed by atoms with Gasteiger partial charge in [0.25, 0.3) is 5.56 Å². The van der Waals surface area contributed by atoms with Crippen molar-refractivity contribution in [3.63, 3.8) is 0 Å². The zero-order valence-electron chi connectivity index (χ0n) is 15.8. The molecule has 28 heavy (non-hydrogen) atoms. The van der Waals surface area contributed by atoms with E-state index in [4.69, 9.17) is 4.74 Å². The predicted molar refractivity (Wildman–Crippen MR) is 109 cm³/mol. The van der Waals surface area contributed by atoms with Crippen molar-refractivity contribution in [1.82, 2.24) is 14.5 Å². The van der Waals surface area contributed by atoms with Crippen molar-refractivity contribution in [3.05, 3.63) is 46.0 Å². The molecule has 0 radical (unpaired) electrons. The Hall–Kier alpha value is -2.78. The highest BCUT2D eigenvalue weighted by molar-refractivity contribution is 7.22. The molecule has 0 atom stereocenters. The van der Waals surface area contributed by atoms with Crippen LogP contribution in [0.4, 0.5) is 10.8 Å². The number of hydrogen-bond acceptors (Lipinski definition) is 7. The lowest BCUT2D eigenvalue weighted by atomic mass is 10.1. The second-order valence-electron chi connectivity index (χ2n) is 6.79. The average Bonchev–Trinajstić information content (AvgIpc) is 3.12. The van der Waals surface area contributed by atoms with Gasteiger partial charge in [-0.25, -0.2) is 4.98 Å². The number of hydrogen-bond donors (Lipinski definition) is 1. The Kier molecular flexibility index (Phi) is 5.10. The first-order valence-electron chi connectivity index (χ1n) is 9.07. The van der Waals surface area contributed by atoms with Gasteiger partial charge in [0.2, 0.25) is 5.91 Å². The van der Waals surface area contributed by atoms with E-state index in [0.29, 0.717) is 23.6 Å². The lowest BCUT2D eigenvalue weighted by Crippen LogP contribution is -2.36. The maximum absolute atomic E-state index is 12.8. The zero-order valence-corrected chi connectivity index (χ0v) is 16.6. The number of nitrogens with one attached hydrogen (secondary N) is 1. The summed E-state index contributed by atoms with van der Waals surface area (Å²) in [4.78, 5) is 36.1. The summed E-state index contributed by atoms with van der Waals surface area (Å²) in [6.45, 7) is 6.61. The van der Waals surface area contributed by atoms with Gasteiger partial charge in [-0.05, 0) is 25.5 Å². The van der Waals surface area contributed by atoms with Gasteiger partial charge < -0.3 is 15.0 Å². The Morgan fingerprint density at radius 2 is 2.07 bits per heavy atom. The zero-order chi connectivity index (χ0) is 19.7. The quantitative estimate of drug-likeness (QED) is 0.721. The van der Waals surface area contributed by atoms with Crippen LogP contribution in [0, 0.1) is 13.8 Å². The maximum atomic E-state index is 12.8. The molecule has 1 aromatic carbocycles. The molecule has 0 saturated carbocycles. The first-order chi connectivity index (χ1) is 13.5. The third kappa shape index (κ3) is 3.76. The highest BCUT2D eigenvalue weighted by atomic mass is 32.1. The minimum absolute atomic E-state index is 0.0973. The van der Waals surface area contributed by atoms with Crippen LogP contribution < -0.4 is 15.8 Å². The Morgan fingerprint density at radius 3 is 2.82 bits per heavy atom. The van der Waals surface area contributed by atoms with Crippen LogP contribution in [0.25, 0.3) is 10.3 Å². The first-order valence-corrected chi connectivity index (χ1v) is 9.89. The number of aryl methyl sites for hydroxylation is 2. The van der Waals surface area contributed by atoms with E-state index in [2.05, 4.69) is 20.2 Å². The number of anilines is 2. The van der Waals surface area contributed by atoms with E-state index in [1.54, 1.807) is 0 Å². The minimum Gasteiger partial charge on any atom is -0.378 e. The van der Waals surface area contributed by atoms with Crippen molar-refractivity contribution in [3.8, 4) is 0 Å². The molecule has 2 aromatic heterocycles. The van der Waals surface area contributed by atoms with Crippen LogP contribution in [0.2, 0.25) is 0 Å². The number of fused-ring (bicyclic) bond motifs is 1. The van der Waals surface area contributed by atoms with Crippen molar-refractivity contribution < 1.29 is 9.53 Å². The summed E-state index contributed by atoms with van der Waals surface area (Å²) in [5.41, 5.74) is 3.01. The number of morpholine rings is 1. The van der Waals surface area contributed by atoms with E-state index >= 15 is 0 Å². The Labute approximate surface area is 165 Å². The Balaban J connectivity index is 1.54. The molecule has 4 rings (SSSR count). The fourth-order valence-corrected chi connectivity index (χ4v) is 4.16. The predicted octanol–water partition coefficient (Wildman–Crippen LogP) is 1.95. The highest BCUT2D eigenvalue weighted by Gasteiger charge is 2.18. The van der Waals surface area contributed by atoms with Gasteiger partial charge in [0, 0.05) is 18.8 Å². The number of ether oxygens (including phenoxy) is 1. The van der Waals surface area contributed by atoms with Crippen molar-refractivity contribution in [2.45, 2.75) is 20.4 Å². The molecule has 1 amide bonds. The third-order valence-corrected chi connectivity index (χ3v) is 5.72. The van der Waals surface area contributed by atoms with Gasteiger partial charge >= 0.3 is 0 Å². The van der Waals surface area contributed by atoms with Crippen molar-refractivity contribution in [2.75, 3.05) is 36.5 Å². The van der Waals surface area contributed by atoms with Gasteiger partial charge in [0.05, 0.1) is 13.2 Å². The molecule has 9 heteroatoms. The number of amides is 1. The molecule has 0 bridgehead atoms. The Bertz CT molecular complexity index is 1080. The van der Waals surface area contributed by atoms with Crippen LogP contribution in [-0.2, 0) is 16.1 Å². The summed E-state index contributed by atoms with van der Waals surface area (Å²) in [5.74, 6) is -0.270. The number of aromatic nitrogens is 3. The fourth-order valence-electron chi connectivity index (χ4n) is 3.14. The molecule has 0 spiro atoms. The van der Waals surface area contributed by atoms with Gasteiger partial charge in [-0.2, -0.15) is 4.98 Å². The van der Waals surface area contributed by atoms with Crippen LogP contribution in [0.1, 0.15) is 11.1 Å². The van der Waals surface area contributed by atoms with E-state index in [0.717, 1.165) is 35.0 Å². The lowest BCUT2D eigenvalue weighted by Gasteiger charge is -2.25. The van der Waals surface area contributed by atoms with E-state index in [1.165, 1.54) is 22.2 Å². The smallest absolute Gasteiger partial charge is 0.273 e. The lowest BCUT2D eigenvalue weighted by molar-refractivity contribution is -0.116. The average molecular weight is 399 g/mol. The number of carbonyl (C=O) groups excluding carboxylic acids is 1. The molecule has 146 valence electrons. The SMILES string of the molecule is Cc1ccc(NC(=O)Cn2cnc3nc(N4CCOCC4)sc3c2=O)c(C)c1. The molecule has 3 heterocycles. The summed E-state index contributed by atoms with van der Waals surface area (Å²) in [6, 6.07) is 5.80. The standard InChI is InChI=1S/C19H21N5O3S/c1-12-3-4-14(13(2)9-12)21-15(25)10-24-11-20-17-16(18(24)26)28-19(22-17)23-5-7-27-8-6-23/h3-4,9,11H,5-8,10H2,1-2H3,(H,21,25). The van der Waals surface area contributed by atoms with Gasteiger partial charge in [-0.15, -0.1) is 0 Å². The van der Waals surface area contributed by atoms with Crippen molar-refractivity contribution in [1.29, 1.82) is 0 Å². The van der Waals surface area contributed by atoms with E-state index in [9.17, 15) is 9.59 Å². The van der Waals surface area contributed by atoms with Crippen LogP contribution in [-0.4, -0.2) is 46.7 Å². The van der Waals surface area contributed by atoms with E-state index in [1.807, 2.05) is 32.0 Å². The number of rotatable bonds is 4. The summed E-state index contributed by atoms with van der Waals surface area (Å²) in [5, 5.41) is 3.62. The first kappa shape index (κ1) is 18.6. The normalized spacial score (nSPS) is 14.4. The molecule has 8 nitrogen and oxygen atoms in total. The number of thiazole rings is 1. The van der Waals surface area contributed by atoms with Gasteiger partial charge in [-0.3, -0.25) is 14.2 Å². The second kappa shape index (κ2) is 7.69. The van der Waals surface area contributed by atoms with Crippen LogP contribution in [0.5, 0.6) is 0 Å². The molecular weight excluding hydrogens is 378 g/mol. The number of nitrogens with zero attached hydrogens (tertiary/aromatic N) is 4. The summed E-state index contributed by atoms with van der Waals surface area (Å²) < 4.78 is 7.14. The Morgan fingerprint density at radius 1 is 1.29 bits per heavy atom. The molecule has 0 aliphatic carbocycles. The maximum Gasteiger partial charge on any atom is 0.273 e. The molecule has 1 saturated heterocycles. The van der Waals surface area contributed by atoms with Crippen molar-refractivity contribution in [2.24, 2.45) is 0 Å². The van der Waals surface area contributed by atoms with E-state index in [-0.39, 0.29) is 18.0 Å². The molecule has 1 aliphatic heterocycles. The van der Waals surface area contributed by atoms with Crippen LogP contribution >= 0.6 is 11.3 Å². The van der Waals surface area contributed by atoms with Gasteiger partial charge in [0.1, 0.15) is 17.6 Å². The van der Waals surface area contributed by atoms with Gasteiger partial charge in [-0.1, -0.05) is 29.0 Å². The summed E-state index contributed by atoms with van der Waals surface area (Å²) in [7, 11) is 0. The van der Waals surface area contributed by atoms with E-state index < -0.39 is 0 Å². The molecule has 1 fully saturated rings. The number of carbonyl (C=O) groups is 1. The largest absolute Gasteiger partial charge is 0.378 e. The summed E-state index contributed by atoms with van der Waals surface area (Å²) in [6.07, 6.45) is 1.38. The highest BCUT2D eigenvalue weighted by Crippen LogP contribution is 2.25. The minimum atomic E-state index is -0.270. The number of benzene rings is 1. The fraction of sp³-hybridized carbons (Fsp3) is 0.368. The van der Waals surface area contributed by atoms with Crippen LogP contribution in [0.3, 0.4) is 0 Å². The molecule has 1 N–H and O–H groups in total. The van der Waals surface area contributed by atoms with Crippen LogP contribution in [0.15, 0.2) is 29.3 Å². The van der Waals surface area contributed by atoms with Crippen molar-refractivity contribution >= 4 is 38.4 Å². The molecule has 3 aromatic rings. The summed E-state index contributed by atoms with van der Waals surface area (Å²) >= 11 is 1.31. The molecule has 0 unspecified atom stereocenters. The molecular formula is C19H21N5O3S. The second-order valence-corrected chi connectivity index (χ2v) is 7.77. The topological polar surface area (TPSA) is 89.3 Å². The molecule has 1 aliphatic rings. The van der Waals surface area contributed by atoms with Gasteiger partial charge in [0.15, 0.2) is 10.8 Å². The monoisotopic (exact) mass is 399 g/mol.